The molecule has 2 heterocycles. The van der Waals surface area contributed by atoms with Crippen LogP contribution in [0.5, 0.6) is 0 Å². The molecule has 4 nitrogen and oxygen atoms in total. The van der Waals surface area contributed by atoms with Gasteiger partial charge in [0.2, 0.25) is 5.91 Å². The monoisotopic (exact) mass is 417 g/mol. The minimum Gasteiger partial charge on any atom is -0.342 e. The lowest BCUT2D eigenvalue weighted by Crippen LogP contribution is -2.59. The van der Waals surface area contributed by atoms with Crippen molar-refractivity contribution in [2.24, 2.45) is 28.6 Å². The van der Waals surface area contributed by atoms with Crippen molar-refractivity contribution < 1.29 is 4.79 Å². The molecule has 0 bridgehead atoms. The number of benzene rings is 1. The first kappa shape index (κ1) is 19.6. The van der Waals surface area contributed by atoms with Crippen molar-refractivity contribution in [3.63, 3.8) is 0 Å². The quantitative estimate of drug-likeness (QED) is 0.657. The zero-order valence-corrected chi connectivity index (χ0v) is 19.3. The van der Waals surface area contributed by atoms with Gasteiger partial charge in [-0.3, -0.25) is 4.79 Å². The van der Waals surface area contributed by atoms with Crippen molar-refractivity contribution in [1.29, 1.82) is 0 Å². The Morgan fingerprint density at radius 3 is 2.74 bits per heavy atom. The summed E-state index contributed by atoms with van der Waals surface area (Å²) >= 11 is 0. The summed E-state index contributed by atoms with van der Waals surface area (Å²) < 4.78 is 0. The van der Waals surface area contributed by atoms with Crippen LogP contribution < -0.4 is 0 Å². The molecule has 2 aromatic rings. The highest BCUT2D eigenvalue weighted by atomic mass is 16.2. The number of likely N-dealkylation sites (N-methyl/N-ethyl adjacent to an activating group) is 1. The molecule has 4 heteroatoms. The van der Waals surface area contributed by atoms with E-state index in [4.69, 9.17) is 4.98 Å². The molecular formula is C27H35N3O. The van der Waals surface area contributed by atoms with Crippen LogP contribution in [0, 0.1) is 35.5 Å². The molecule has 3 saturated carbocycles. The highest BCUT2D eigenvalue weighted by molar-refractivity contribution is 5.89. The summed E-state index contributed by atoms with van der Waals surface area (Å²) in [6, 6.07) is 6.82. The van der Waals surface area contributed by atoms with Crippen LogP contribution in [0.25, 0.3) is 11.0 Å². The Morgan fingerprint density at radius 1 is 1.10 bits per heavy atom. The summed E-state index contributed by atoms with van der Waals surface area (Å²) in [5, 5.41) is 0. The highest BCUT2D eigenvalue weighted by Crippen LogP contribution is 2.67. The number of imidazole rings is 1. The van der Waals surface area contributed by atoms with E-state index in [-0.39, 0.29) is 11.3 Å². The normalized spacial score (nSPS) is 41.9. The van der Waals surface area contributed by atoms with E-state index >= 15 is 0 Å². The molecule has 7 atom stereocenters. The van der Waals surface area contributed by atoms with Gasteiger partial charge in [-0.1, -0.05) is 32.1 Å². The third kappa shape index (κ3) is 2.54. The van der Waals surface area contributed by atoms with E-state index < -0.39 is 0 Å². The third-order valence-electron chi connectivity index (χ3n) is 10.2. The average Bonchev–Trinajstić information content (AvgIpc) is 3.32. The highest BCUT2D eigenvalue weighted by Gasteiger charge is 2.60. The van der Waals surface area contributed by atoms with Gasteiger partial charge in [0.15, 0.2) is 0 Å². The number of H-pyrrole nitrogens is 1. The van der Waals surface area contributed by atoms with E-state index in [0.717, 1.165) is 23.8 Å². The first-order chi connectivity index (χ1) is 14.8. The number of carbonyl (C=O) groups excluding carboxylic acids is 1. The minimum absolute atomic E-state index is 0.126. The number of hydrogen-bond acceptors (Lipinski definition) is 2. The first-order valence-corrected chi connectivity index (χ1v) is 12.2. The SMILES string of the molecule is Cc1cccc2[nH]c(C3CC[C@H]4[C@@H]5CCC6N(C)C(=O)C=C[C@]6(C)[C@@H]5CC[C@]34C)nc12. The molecule has 1 aromatic carbocycles. The Hall–Kier alpha value is -2.10. The summed E-state index contributed by atoms with van der Waals surface area (Å²) in [5.74, 6) is 4.15. The van der Waals surface area contributed by atoms with E-state index in [1.165, 1.54) is 49.0 Å². The number of nitrogens with one attached hydrogen (secondary N) is 1. The molecule has 1 aromatic heterocycles. The average molecular weight is 418 g/mol. The largest absolute Gasteiger partial charge is 0.342 e. The number of para-hydroxylation sites is 1. The first-order valence-electron chi connectivity index (χ1n) is 12.2. The van der Waals surface area contributed by atoms with E-state index in [9.17, 15) is 4.79 Å². The lowest BCUT2D eigenvalue weighted by molar-refractivity contribution is -0.138. The van der Waals surface area contributed by atoms with Crippen molar-refractivity contribution in [3.05, 3.63) is 41.7 Å². The van der Waals surface area contributed by atoms with Crippen molar-refractivity contribution >= 4 is 16.9 Å². The van der Waals surface area contributed by atoms with Gasteiger partial charge < -0.3 is 9.88 Å². The van der Waals surface area contributed by atoms with E-state index in [0.29, 0.717) is 23.3 Å². The second-order valence-electron chi connectivity index (χ2n) is 11.4. The second kappa shape index (κ2) is 6.46. The summed E-state index contributed by atoms with van der Waals surface area (Å²) in [6.45, 7) is 7.16. The maximum atomic E-state index is 12.3. The zero-order chi connectivity index (χ0) is 21.5. The van der Waals surface area contributed by atoms with Crippen LogP contribution in [-0.2, 0) is 4.79 Å². The maximum Gasteiger partial charge on any atom is 0.246 e. The summed E-state index contributed by atoms with van der Waals surface area (Å²) in [4.78, 5) is 23.2. The number of amides is 1. The Balaban J connectivity index is 1.34. The molecule has 3 aliphatic carbocycles. The molecule has 1 amide bonds. The maximum absolute atomic E-state index is 12.3. The Kier molecular flexibility index (Phi) is 4.08. The molecule has 6 rings (SSSR count). The van der Waals surface area contributed by atoms with Crippen molar-refractivity contribution in [2.75, 3.05) is 7.05 Å². The van der Waals surface area contributed by atoms with Gasteiger partial charge in [0.25, 0.3) is 0 Å². The predicted octanol–water partition coefficient (Wildman–Crippen LogP) is 5.59. The fraction of sp³-hybridized carbons (Fsp3) is 0.630. The molecule has 31 heavy (non-hydrogen) atoms. The van der Waals surface area contributed by atoms with Gasteiger partial charge in [0.05, 0.1) is 11.0 Å². The summed E-state index contributed by atoms with van der Waals surface area (Å²) in [7, 11) is 2.01. The number of hydrogen-bond donors (Lipinski definition) is 1. The van der Waals surface area contributed by atoms with Crippen LogP contribution in [0.15, 0.2) is 30.4 Å². The number of aromatic amines is 1. The smallest absolute Gasteiger partial charge is 0.246 e. The Labute approximate surface area is 185 Å². The van der Waals surface area contributed by atoms with Gasteiger partial charge >= 0.3 is 0 Å². The number of carbonyl (C=O) groups is 1. The molecule has 0 radical (unpaired) electrons. The number of rotatable bonds is 1. The number of aryl methyl sites for hydroxylation is 1. The number of fused-ring (bicyclic) bond motifs is 6. The molecule has 164 valence electrons. The molecule has 0 spiro atoms. The summed E-state index contributed by atoms with van der Waals surface area (Å²) in [5.41, 5.74) is 4.04. The van der Waals surface area contributed by atoms with Crippen LogP contribution in [0.4, 0.5) is 0 Å². The Morgan fingerprint density at radius 2 is 1.94 bits per heavy atom. The van der Waals surface area contributed by atoms with Crippen molar-refractivity contribution in [1.82, 2.24) is 14.9 Å². The molecule has 1 aliphatic heterocycles. The Bertz CT molecular complexity index is 1090. The summed E-state index contributed by atoms with van der Waals surface area (Å²) in [6.07, 6.45) is 11.7. The van der Waals surface area contributed by atoms with Crippen LogP contribution in [-0.4, -0.2) is 33.9 Å². The van der Waals surface area contributed by atoms with Crippen LogP contribution in [0.2, 0.25) is 0 Å². The van der Waals surface area contributed by atoms with Gasteiger partial charge in [-0.05, 0) is 86.3 Å². The standard InChI is InChI=1S/C27H35N3O/c1-16-6-5-7-21-24(16)29-25(28-21)20-10-9-18-17-8-11-22-27(3,15-13-23(31)30(22)4)19(17)12-14-26(18,20)2/h5-7,13,15,17-20,22H,8-12,14H2,1-4H3,(H,28,29)/t17-,18-,19+,20?,22?,26-,27+/m0/s1. The molecule has 0 saturated heterocycles. The minimum atomic E-state index is 0.126. The number of nitrogens with zero attached hydrogens (tertiary/aromatic N) is 2. The third-order valence-corrected chi connectivity index (χ3v) is 10.2. The van der Waals surface area contributed by atoms with Crippen LogP contribution in [0.1, 0.15) is 69.7 Å². The van der Waals surface area contributed by atoms with Gasteiger partial charge in [-0.25, -0.2) is 4.98 Å². The lowest BCUT2D eigenvalue weighted by atomic mass is 9.47. The van der Waals surface area contributed by atoms with E-state index in [1.54, 1.807) is 0 Å². The van der Waals surface area contributed by atoms with Crippen molar-refractivity contribution in [2.45, 2.75) is 71.3 Å². The van der Waals surface area contributed by atoms with Gasteiger partial charge in [-0.2, -0.15) is 0 Å². The number of aromatic nitrogens is 2. The van der Waals surface area contributed by atoms with E-state index in [2.05, 4.69) is 50.0 Å². The molecule has 3 fully saturated rings. The van der Waals surface area contributed by atoms with Gasteiger partial charge in [0.1, 0.15) is 5.82 Å². The zero-order valence-electron chi connectivity index (χ0n) is 19.3. The fourth-order valence-electron chi connectivity index (χ4n) is 8.55. The molecule has 2 unspecified atom stereocenters. The fourth-order valence-corrected chi connectivity index (χ4v) is 8.55. The lowest BCUT2D eigenvalue weighted by Gasteiger charge is -2.60. The predicted molar refractivity (Wildman–Crippen MR) is 124 cm³/mol. The molecule has 1 N–H and O–H groups in total. The second-order valence-corrected chi connectivity index (χ2v) is 11.4. The van der Waals surface area contributed by atoms with Crippen LogP contribution in [0.3, 0.4) is 0 Å². The van der Waals surface area contributed by atoms with Crippen LogP contribution >= 0.6 is 0 Å². The van der Waals surface area contributed by atoms with E-state index in [1.807, 2.05) is 18.0 Å². The van der Waals surface area contributed by atoms with Gasteiger partial charge in [0, 0.05) is 24.4 Å². The van der Waals surface area contributed by atoms with Crippen molar-refractivity contribution in [3.8, 4) is 0 Å². The molecule has 4 aliphatic rings. The van der Waals surface area contributed by atoms with Gasteiger partial charge in [-0.15, -0.1) is 0 Å². The molecular weight excluding hydrogens is 382 g/mol. The topological polar surface area (TPSA) is 49.0 Å².